The van der Waals surface area contributed by atoms with Gasteiger partial charge in [-0.2, -0.15) is 0 Å². The lowest BCUT2D eigenvalue weighted by Gasteiger charge is -2.23. The third-order valence-corrected chi connectivity index (χ3v) is 3.99. The van der Waals surface area contributed by atoms with Crippen molar-refractivity contribution in [3.63, 3.8) is 0 Å². The molecule has 1 aliphatic rings. The Morgan fingerprint density at radius 1 is 1.43 bits per heavy atom. The number of rotatable bonds is 5. The van der Waals surface area contributed by atoms with Crippen LogP contribution in [0.1, 0.15) is 32.6 Å². The second-order valence-corrected chi connectivity index (χ2v) is 5.74. The summed E-state index contributed by atoms with van der Waals surface area (Å²) < 4.78 is 25.3. The molecule has 1 atom stereocenters. The van der Waals surface area contributed by atoms with E-state index >= 15 is 0 Å². The first kappa shape index (κ1) is 11.9. The zero-order valence-corrected chi connectivity index (χ0v) is 9.57. The fourth-order valence-electron chi connectivity index (χ4n) is 1.67. The predicted molar refractivity (Wildman–Crippen MR) is 57.7 cm³/mol. The minimum Gasteiger partial charge on any atom is -0.313 e. The fourth-order valence-corrected chi connectivity index (χ4v) is 2.80. The number of sulfonamides is 1. The Balaban J connectivity index is 2.24. The van der Waals surface area contributed by atoms with E-state index in [0.717, 1.165) is 13.0 Å². The summed E-state index contributed by atoms with van der Waals surface area (Å²) in [7, 11) is -3.02. The summed E-state index contributed by atoms with van der Waals surface area (Å²) in [5.41, 5.74) is 0. The van der Waals surface area contributed by atoms with Gasteiger partial charge >= 0.3 is 0 Å². The van der Waals surface area contributed by atoms with Crippen LogP contribution in [0.15, 0.2) is 0 Å². The molecule has 0 aromatic carbocycles. The standard InChI is InChI=1S/C9H20N2O2S/c1-2-7-14(12,13)11-8-9-5-3-4-6-10-9/h9-11H,2-8H2,1H3. The molecule has 1 unspecified atom stereocenters. The molecule has 0 aromatic rings. The number of hydrogen-bond donors (Lipinski definition) is 2. The maximum atomic E-state index is 11.3. The van der Waals surface area contributed by atoms with Crippen LogP contribution in [0.3, 0.4) is 0 Å². The van der Waals surface area contributed by atoms with Gasteiger partial charge in [0.2, 0.25) is 10.0 Å². The van der Waals surface area contributed by atoms with Gasteiger partial charge in [0.1, 0.15) is 0 Å². The van der Waals surface area contributed by atoms with Crippen molar-refractivity contribution in [3.8, 4) is 0 Å². The summed E-state index contributed by atoms with van der Waals surface area (Å²) >= 11 is 0. The first-order valence-corrected chi connectivity index (χ1v) is 7.00. The van der Waals surface area contributed by atoms with E-state index in [4.69, 9.17) is 0 Å². The molecule has 0 bridgehead atoms. The Kier molecular flexibility index (Phi) is 4.84. The lowest BCUT2D eigenvalue weighted by atomic mass is 10.1. The molecule has 1 fully saturated rings. The van der Waals surface area contributed by atoms with Gasteiger partial charge < -0.3 is 5.32 Å². The number of nitrogens with one attached hydrogen (secondary N) is 2. The smallest absolute Gasteiger partial charge is 0.211 e. The van der Waals surface area contributed by atoms with E-state index in [-0.39, 0.29) is 5.75 Å². The lowest BCUT2D eigenvalue weighted by molar-refractivity contribution is 0.398. The van der Waals surface area contributed by atoms with Crippen LogP contribution in [-0.4, -0.2) is 33.3 Å². The summed E-state index contributed by atoms with van der Waals surface area (Å²) in [6, 6.07) is 0.329. The highest BCUT2D eigenvalue weighted by Gasteiger charge is 2.15. The summed E-state index contributed by atoms with van der Waals surface area (Å²) in [5, 5.41) is 3.31. The van der Waals surface area contributed by atoms with Gasteiger partial charge in [0.25, 0.3) is 0 Å². The molecular weight excluding hydrogens is 200 g/mol. The Morgan fingerprint density at radius 3 is 2.79 bits per heavy atom. The summed E-state index contributed by atoms with van der Waals surface area (Å²) in [4.78, 5) is 0. The van der Waals surface area contributed by atoms with Gasteiger partial charge in [0, 0.05) is 12.6 Å². The predicted octanol–water partition coefficient (Wildman–Crippen LogP) is 0.458. The highest BCUT2D eigenvalue weighted by atomic mass is 32.2. The minimum absolute atomic E-state index is 0.236. The highest BCUT2D eigenvalue weighted by molar-refractivity contribution is 7.89. The van der Waals surface area contributed by atoms with Crippen molar-refractivity contribution in [2.45, 2.75) is 38.6 Å². The van der Waals surface area contributed by atoms with Gasteiger partial charge in [0.15, 0.2) is 0 Å². The number of hydrogen-bond acceptors (Lipinski definition) is 3. The second-order valence-electron chi connectivity index (χ2n) is 3.81. The van der Waals surface area contributed by atoms with Crippen LogP contribution >= 0.6 is 0 Å². The van der Waals surface area contributed by atoms with E-state index in [1.807, 2.05) is 6.92 Å². The Labute approximate surface area is 86.5 Å². The maximum absolute atomic E-state index is 11.3. The molecule has 1 rings (SSSR count). The monoisotopic (exact) mass is 220 g/mol. The van der Waals surface area contributed by atoms with Crippen LogP contribution in [0.25, 0.3) is 0 Å². The van der Waals surface area contributed by atoms with Gasteiger partial charge in [-0.05, 0) is 25.8 Å². The molecule has 0 amide bonds. The topological polar surface area (TPSA) is 58.2 Å². The van der Waals surface area contributed by atoms with E-state index in [0.29, 0.717) is 19.0 Å². The van der Waals surface area contributed by atoms with Crippen LogP contribution in [-0.2, 0) is 10.0 Å². The van der Waals surface area contributed by atoms with Gasteiger partial charge in [-0.3, -0.25) is 0 Å². The van der Waals surface area contributed by atoms with Crippen LogP contribution in [0.2, 0.25) is 0 Å². The molecule has 1 heterocycles. The van der Waals surface area contributed by atoms with Crippen LogP contribution in [0, 0.1) is 0 Å². The summed E-state index contributed by atoms with van der Waals surface area (Å²) in [5.74, 6) is 0.236. The van der Waals surface area contributed by atoms with Crippen molar-refractivity contribution < 1.29 is 8.42 Å². The van der Waals surface area contributed by atoms with Crippen molar-refractivity contribution in [2.24, 2.45) is 0 Å². The molecule has 0 spiro atoms. The number of piperidine rings is 1. The molecule has 5 heteroatoms. The summed E-state index contributed by atoms with van der Waals surface area (Å²) in [6.45, 7) is 3.43. The van der Waals surface area contributed by atoms with Crippen molar-refractivity contribution in [2.75, 3.05) is 18.8 Å². The molecule has 2 N–H and O–H groups in total. The SMILES string of the molecule is CCCS(=O)(=O)NCC1CCCCN1. The van der Waals surface area contributed by atoms with E-state index in [1.165, 1.54) is 12.8 Å². The van der Waals surface area contributed by atoms with Crippen LogP contribution in [0.5, 0.6) is 0 Å². The zero-order valence-electron chi connectivity index (χ0n) is 8.75. The lowest BCUT2D eigenvalue weighted by Crippen LogP contribution is -2.43. The van der Waals surface area contributed by atoms with Crippen molar-refractivity contribution >= 4 is 10.0 Å². The van der Waals surface area contributed by atoms with E-state index in [1.54, 1.807) is 0 Å². The molecule has 0 saturated carbocycles. The van der Waals surface area contributed by atoms with Crippen molar-refractivity contribution in [1.82, 2.24) is 10.0 Å². The first-order chi connectivity index (χ1) is 6.64. The third kappa shape index (κ3) is 4.39. The van der Waals surface area contributed by atoms with Gasteiger partial charge in [0.05, 0.1) is 5.75 Å². The molecule has 0 radical (unpaired) electrons. The molecule has 1 saturated heterocycles. The fraction of sp³-hybridized carbons (Fsp3) is 1.00. The Hall–Kier alpha value is -0.130. The van der Waals surface area contributed by atoms with E-state index in [9.17, 15) is 8.42 Å². The van der Waals surface area contributed by atoms with E-state index < -0.39 is 10.0 Å². The zero-order chi connectivity index (χ0) is 10.4. The average molecular weight is 220 g/mol. The van der Waals surface area contributed by atoms with Crippen molar-refractivity contribution in [3.05, 3.63) is 0 Å². The van der Waals surface area contributed by atoms with Gasteiger partial charge in [-0.25, -0.2) is 13.1 Å². The maximum Gasteiger partial charge on any atom is 0.211 e. The Bertz CT molecular complexity index is 246. The molecular formula is C9H20N2O2S. The van der Waals surface area contributed by atoms with Gasteiger partial charge in [-0.1, -0.05) is 13.3 Å². The second kappa shape index (κ2) is 5.68. The Morgan fingerprint density at radius 2 is 2.21 bits per heavy atom. The first-order valence-electron chi connectivity index (χ1n) is 5.35. The van der Waals surface area contributed by atoms with Crippen molar-refractivity contribution in [1.29, 1.82) is 0 Å². The minimum atomic E-state index is -3.02. The molecule has 0 aromatic heterocycles. The van der Waals surface area contributed by atoms with E-state index in [2.05, 4.69) is 10.0 Å². The van der Waals surface area contributed by atoms with Crippen LogP contribution < -0.4 is 10.0 Å². The average Bonchev–Trinajstić information content (AvgIpc) is 2.17. The highest BCUT2D eigenvalue weighted by Crippen LogP contribution is 2.06. The molecule has 4 nitrogen and oxygen atoms in total. The molecule has 0 aliphatic carbocycles. The summed E-state index contributed by atoms with van der Waals surface area (Å²) in [6.07, 6.45) is 4.16. The molecule has 84 valence electrons. The third-order valence-electron chi connectivity index (χ3n) is 2.43. The molecule has 14 heavy (non-hydrogen) atoms. The quantitative estimate of drug-likeness (QED) is 0.707. The largest absolute Gasteiger partial charge is 0.313 e. The molecule has 1 aliphatic heterocycles. The normalized spacial score (nSPS) is 23.6. The van der Waals surface area contributed by atoms with Crippen LogP contribution in [0.4, 0.5) is 0 Å². The van der Waals surface area contributed by atoms with Gasteiger partial charge in [-0.15, -0.1) is 0 Å².